The van der Waals surface area contributed by atoms with E-state index in [1.807, 2.05) is 24.0 Å². The van der Waals surface area contributed by atoms with Crippen LogP contribution < -0.4 is 10.6 Å². The lowest BCUT2D eigenvalue weighted by atomic mass is 10.2. The molecule has 1 fully saturated rings. The van der Waals surface area contributed by atoms with Crippen LogP contribution in [0.25, 0.3) is 10.9 Å². The molecule has 2 N–H and O–H groups in total. The second-order valence-electron chi connectivity index (χ2n) is 8.47. The SMILES string of the molecule is Cn1ncc2cc(N3CCC(O[Si](C)(C)C(C)(C)C)C3)c(N)cc21. The summed E-state index contributed by atoms with van der Waals surface area (Å²) in [5, 5.41) is 5.70. The zero-order chi connectivity index (χ0) is 17.7. The van der Waals surface area contributed by atoms with Gasteiger partial charge in [0.15, 0.2) is 8.32 Å². The zero-order valence-corrected chi connectivity index (χ0v) is 16.8. The third-order valence-electron chi connectivity index (χ3n) is 5.65. The molecule has 1 aliphatic rings. The lowest BCUT2D eigenvalue weighted by molar-refractivity contribution is 0.202. The number of nitrogens with zero attached hydrogens (tertiary/aromatic N) is 3. The summed E-state index contributed by atoms with van der Waals surface area (Å²) >= 11 is 0. The first kappa shape index (κ1) is 17.3. The summed E-state index contributed by atoms with van der Waals surface area (Å²) in [5.74, 6) is 0. The Morgan fingerprint density at radius 3 is 2.67 bits per heavy atom. The number of hydrogen-bond donors (Lipinski definition) is 1. The minimum atomic E-state index is -1.73. The lowest BCUT2D eigenvalue weighted by Crippen LogP contribution is -2.44. The predicted octanol–water partition coefficient (Wildman–Crippen LogP) is 3.76. The number of rotatable bonds is 3. The van der Waals surface area contributed by atoms with Gasteiger partial charge in [-0.05, 0) is 36.7 Å². The molecule has 0 spiro atoms. The van der Waals surface area contributed by atoms with E-state index >= 15 is 0 Å². The Kier molecular flexibility index (Phi) is 4.16. The second-order valence-corrected chi connectivity index (χ2v) is 13.2. The summed E-state index contributed by atoms with van der Waals surface area (Å²) in [4.78, 5) is 2.36. The Balaban J connectivity index is 1.77. The van der Waals surface area contributed by atoms with Gasteiger partial charge in [0.1, 0.15) is 0 Å². The molecule has 2 heterocycles. The zero-order valence-electron chi connectivity index (χ0n) is 15.8. The molecule has 132 valence electrons. The van der Waals surface area contributed by atoms with E-state index in [0.717, 1.165) is 41.8 Å². The van der Waals surface area contributed by atoms with Crippen molar-refractivity contribution < 1.29 is 4.43 Å². The number of aryl methyl sites for hydroxylation is 1. The van der Waals surface area contributed by atoms with Crippen LogP contribution in [-0.4, -0.2) is 37.3 Å². The molecule has 0 saturated carbocycles. The highest BCUT2D eigenvalue weighted by Crippen LogP contribution is 2.39. The summed E-state index contributed by atoms with van der Waals surface area (Å²) < 4.78 is 8.45. The fraction of sp³-hybridized carbons (Fsp3) is 0.611. The monoisotopic (exact) mass is 346 g/mol. The van der Waals surface area contributed by atoms with Crippen molar-refractivity contribution in [3.8, 4) is 0 Å². The Morgan fingerprint density at radius 2 is 2.00 bits per heavy atom. The molecular formula is C18H30N4OSi. The number of aromatic nitrogens is 2. The average Bonchev–Trinajstić information content (AvgIpc) is 3.04. The number of fused-ring (bicyclic) bond motifs is 1. The molecular weight excluding hydrogens is 316 g/mol. The highest BCUT2D eigenvalue weighted by Gasteiger charge is 2.40. The number of nitrogen functional groups attached to an aromatic ring is 1. The predicted molar refractivity (Wildman–Crippen MR) is 104 cm³/mol. The van der Waals surface area contributed by atoms with Crippen molar-refractivity contribution in [3.05, 3.63) is 18.3 Å². The van der Waals surface area contributed by atoms with Crippen molar-refractivity contribution in [2.24, 2.45) is 7.05 Å². The quantitative estimate of drug-likeness (QED) is 0.679. The van der Waals surface area contributed by atoms with Crippen LogP contribution in [0.3, 0.4) is 0 Å². The Bertz CT molecular complexity index is 747. The molecule has 1 atom stereocenters. The molecule has 0 bridgehead atoms. The Hall–Kier alpha value is -1.53. The molecule has 1 unspecified atom stereocenters. The third kappa shape index (κ3) is 3.05. The minimum absolute atomic E-state index is 0.244. The van der Waals surface area contributed by atoms with E-state index in [4.69, 9.17) is 10.2 Å². The van der Waals surface area contributed by atoms with Crippen LogP contribution in [0.5, 0.6) is 0 Å². The van der Waals surface area contributed by atoms with E-state index in [1.54, 1.807) is 0 Å². The van der Waals surface area contributed by atoms with Crippen molar-refractivity contribution in [2.75, 3.05) is 23.7 Å². The molecule has 1 aromatic heterocycles. The van der Waals surface area contributed by atoms with Crippen LogP contribution in [-0.2, 0) is 11.5 Å². The standard InChI is InChI=1S/C18H30N4OSi/c1-18(2,3)24(5,6)23-14-7-8-22(12-14)17-9-13-11-20-21(4)16(13)10-15(17)19/h9-11,14H,7-8,12,19H2,1-6H3. The Labute approximate surface area is 145 Å². The summed E-state index contributed by atoms with van der Waals surface area (Å²) in [6.07, 6.45) is 3.27. The topological polar surface area (TPSA) is 56.3 Å². The number of hydrogen-bond acceptors (Lipinski definition) is 4. The van der Waals surface area contributed by atoms with Crippen molar-refractivity contribution in [3.63, 3.8) is 0 Å². The molecule has 5 nitrogen and oxygen atoms in total. The smallest absolute Gasteiger partial charge is 0.192 e. The Morgan fingerprint density at radius 1 is 1.29 bits per heavy atom. The van der Waals surface area contributed by atoms with Gasteiger partial charge in [-0.25, -0.2) is 0 Å². The maximum atomic E-state index is 6.59. The van der Waals surface area contributed by atoms with Crippen molar-refractivity contribution >= 4 is 30.6 Å². The van der Waals surface area contributed by atoms with Gasteiger partial charge in [0.05, 0.1) is 29.2 Å². The minimum Gasteiger partial charge on any atom is -0.412 e. The summed E-state index contributed by atoms with van der Waals surface area (Å²) in [6.45, 7) is 13.4. The highest BCUT2D eigenvalue weighted by molar-refractivity contribution is 6.74. The normalized spacial score (nSPS) is 19.4. The number of benzene rings is 1. The maximum absolute atomic E-state index is 6.59. The van der Waals surface area contributed by atoms with Crippen LogP contribution >= 0.6 is 0 Å². The van der Waals surface area contributed by atoms with Gasteiger partial charge < -0.3 is 15.1 Å². The molecule has 1 aromatic carbocycles. The van der Waals surface area contributed by atoms with Crippen LogP contribution in [0.15, 0.2) is 18.3 Å². The molecule has 0 amide bonds. The maximum Gasteiger partial charge on any atom is 0.192 e. The first-order chi connectivity index (χ1) is 11.1. The van der Waals surface area contributed by atoms with Gasteiger partial charge in [-0.3, -0.25) is 4.68 Å². The van der Waals surface area contributed by atoms with Gasteiger partial charge in [-0.1, -0.05) is 20.8 Å². The lowest BCUT2D eigenvalue weighted by Gasteiger charge is -2.38. The molecule has 0 radical (unpaired) electrons. The van der Waals surface area contributed by atoms with Crippen LogP contribution in [0, 0.1) is 0 Å². The summed E-state index contributed by atoms with van der Waals surface area (Å²) in [5.41, 5.74) is 9.32. The van der Waals surface area contributed by atoms with E-state index in [9.17, 15) is 0 Å². The summed E-state index contributed by atoms with van der Waals surface area (Å²) in [6, 6.07) is 4.19. The van der Waals surface area contributed by atoms with Gasteiger partial charge in [0.25, 0.3) is 0 Å². The van der Waals surface area contributed by atoms with Gasteiger partial charge in [0, 0.05) is 25.5 Å². The van der Waals surface area contributed by atoms with E-state index < -0.39 is 8.32 Å². The average molecular weight is 347 g/mol. The largest absolute Gasteiger partial charge is 0.412 e. The van der Waals surface area contributed by atoms with Crippen molar-refractivity contribution in [1.82, 2.24) is 9.78 Å². The van der Waals surface area contributed by atoms with E-state index in [1.165, 1.54) is 0 Å². The molecule has 6 heteroatoms. The molecule has 0 aliphatic carbocycles. The van der Waals surface area contributed by atoms with Crippen LogP contribution in [0.1, 0.15) is 27.2 Å². The second kappa shape index (κ2) is 5.77. The number of anilines is 2. The van der Waals surface area contributed by atoms with E-state index in [0.29, 0.717) is 6.10 Å². The van der Waals surface area contributed by atoms with Crippen molar-refractivity contribution in [1.29, 1.82) is 0 Å². The molecule has 2 aromatic rings. The van der Waals surface area contributed by atoms with Crippen molar-refractivity contribution in [2.45, 2.75) is 51.4 Å². The first-order valence-electron chi connectivity index (χ1n) is 8.72. The summed E-state index contributed by atoms with van der Waals surface area (Å²) in [7, 11) is 0.219. The molecule has 1 saturated heterocycles. The molecule has 1 aliphatic heterocycles. The third-order valence-corrected chi connectivity index (χ3v) is 10.2. The van der Waals surface area contributed by atoms with Crippen LogP contribution in [0.4, 0.5) is 11.4 Å². The van der Waals surface area contributed by atoms with E-state index in [2.05, 4.69) is 49.9 Å². The van der Waals surface area contributed by atoms with Gasteiger partial charge in [-0.15, -0.1) is 0 Å². The molecule has 3 rings (SSSR count). The molecule has 24 heavy (non-hydrogen) atoms. The fourth-order valence-electron chi connectivity index (χ4n) is 3.11. The highest BCUT2D eigenvalue weighted by atomic mass is 28.4. The van der Waals surface area contributed by atoms with Gasteiger partial charge >= 0.3 is 0 Å². The van der Waals surface area contributed by atoms with E-state index in [-0.39, 0.29) is 5.04 Å². The number of nitrogens with two attached hydrogens (primary N) is 1. The van der Waals surface area contributed by atoms with Crippen LogP contribution in [0.2, 0.25) is 18.1 Å². The van der Waals surface area contributed by atoms with Gasteiger partial charge in [0.2, 0.25) is 0 Å². The first-order valence-corrected chi connectivity index (χ1v) is 11.6. The fourth-order valence-corrected chi connectivity index (χ4v) is 4.49. The van der Waals surface area contributed by atoms with Gasteiger partial charge in [-0.2, -0.15) is 5.10 Å².